The van der Waals surface area contributed by atoms with Gasteiger partial charge in [0.25, 0.3) is 5.91 Å². The summed E-state index contributed by atoms with van der Waals surface area (Å²) in [6, 6.07) is 16.0. The smallest absolute Gasteiger partial charge is 0.251 e. The second-order valence-corrected chi connectivity index (χ2v) is 9.91. The Morgan fingerprint density at radius 2 is 1.76 bits per heavy atom. The summed E-state index contributed by atoms with van der Waals surface area (Å²) in [5, 5.41) is 6.13. The molecule has 1 heterocycles. The maximum atomic E-state index is 12.7. The van der Waals surface area contributed by atoms with Gasteiger partial charge in [-0.25, -0.2) is 0 Å². The number of nitrogens with zero attached hydrogens (tertiary/aromatic N) is 1. The Labute approximate surface area is 208 Å². The van der Waals surface area contributed by atoms with Crippen LogP contribution in [0.1, 0.15) is 42.5 Å². The van der Waals surface area contributed by atoms with Crippen LogP contribution in [0.5, 0.6) is 0 Å². The van der Waals surface area contributed by atoms with E-state index in [4.69, 9.17) is 23.8 Å². The number of thioether (sulfide) groups is 1. The fourth-order valence-electron chi connectivity index (χ4n) is 3.39. The van der Waals surface area contributed by atoms with Crippen LogP contribution in [0.4, 0.5) is 5.69 Å². The summed E-state index contributed by atoms with van der Waals surface area (Å²) >= 11 is 12.6. The maximum absolute atomic E-state index is 12.7. The number of benzene rings is 2. The SMILES string of the molecule is O=C(CCCN1C(=O)[C@H](CCCCNC(=O)c2ccccc2)SC1=S)Nc1ccc(Cl)cc1. The molecule has 1 atom stereocenters. The van der Waals surface area contributed by atoms with Crippen molar-refractivity contribution >= 4 is 63.3 Å². The summed E-state index contributed by atoms with van der Waals surface area (Å²) < 4.78 is 0.570. The molecule has 0 aromatic heterocycles. The summed E-state index contributed by atoms with van der Waals surface area (Å²) in [4.78, 5) is 38.5. The Morgan fingerprint density at radius 3 is 2.48 bits per heavy atom. The van der Waals surface area contributed by atoms with E-state index in [1.165, 1.54) is 11.8 Å². The van der Waals surface area contributed by atoms with Crippen molar-refractivity contribution in [2.24, 2.45) is 0 Å². The molecule has 0 radical (unpaired) electrons. The van der Waals surface area contributed by atoms with Gasteiger partial charge in [-0.2, -0.15) is 0 Å². The first-order chi connectivity index (χ1) is 15.9. The number of anilines is 1. The third-order valence-electron chi connectivity index (χ3n) is 5.13. The molecule has 6 nitrogen and oxygen atoms in total. The molecule has 2 N–H and O–H groups in total. The lowest BCUT2D eigenvalue weighted by Gasteiger charge is -2.15. The third kappa shape index (κ3) is 7.84. The summed E-state index contributed by atoms with van der Waals surface area (Å²) in [6.45, 7) is 0.999. The van der Waals surface area contributed by atoms with Crippen molar-refractivity contribution in [1.82, 2.24) is 10.2 Å². The largest absolute Gasteiger partial charge is 0.352 e. The first-order valence-corrected chi connectivity index (χ1v) is 12.5. The van der Waals surface area contributed by atoms with E-state index in [-0.39, 0.29) is 23.0 Å². The standard InChI is InChI=1S/C24H26ClN3O3S2/c25-18-11-13-19(14-12-18)27-21(29)10-6-16-28-23(31)20(33-24(28)32)9-4-5-15-26-22(30)17-7-2-1-3-8-17/h1-3,7-8,11-14,20H,4-6,9-10,15-16H2,(H,26,30)(H,27,29)/t20-/m0/s1. The van der Waals surface area contributed by atoms with Crippen LogP contribution in [-0.4, -0.2) is 45.3 Å². The summed E-state index contributed by atoms with van der Waals surface area (Å²) in [5.41, 5.74) is 1.33. The van der Waals surface area contributed by atoms with E-state index in [1.807, 2.05) is 18.2 Å². The molecule has 1 aliphatic heterocycles. The quantitative estimate of drug-likeness (QED) is 0.337. The molecule has 0 aliphatic carbocycles. The number of hydrogen-bond acceptors (Lipinski definition) is 5. The van der Waals surface area contributed by atoms with Crippen LogP contribution in [0.3, 0.4) is 0 Å². The van der Waals surface area contributed by atoms with Crippen LogP contribution in [0.25, 0.3) is 0 Å². The van der Waals surface area contributed by atoms with Crippen LogP contribution < -0.4 is 10.6 Å². The molecule has 2 aromatic carbocycles. The second kappa shape index (κ2) is 12.7. The molecular formula is C24H26ClN3O3S2. The molecule has 2 aromatic rings. The van der Waals surface area contributed by atoms with Gasteiger partial charge in [0.1, 0.15) is 4.32 Å². The Bertz CT molecular complexity index is 986. The zero-order valence-electron chi connectivity index (χ0n) is 18.1. The van der Waals surface area contributed by atoms with Crippen LogP contribution in [0, 0.1) is 0 Å². The minimum absolute atomic E-state index is 0.0106. The van der Waals surface area contributed by atoms with Crippen LogP contribution in [-0.2, 0) is 9.59 Å². The van der Waals surface area contributed by atoms with E-state index < -0.39 is 0 Å². The van der Waals surface area contributed by atoms with Crippen molar-refractivity contribution in [3.63, 3.8) is 0 Å². The molecule has 0 bridgehead atoms. The van der Waals surface area contributed by atoms with E-state index in [9.17, 15) is 14.4 Å². The number of carbonyl (C=O) groups excluding carboxylic acids is 3. The molecule has 1 saturated heterocycles. The maximum Gasteiger partial charge on any atom is 0.251 e. The Morgan fingerprint density at radius 1 is 1.03 bits per heavy atom. The number of rotatable bonds is 11. The monoisotopic (exact) mass is 503 g/mol. The zero-order valence-corrected chi connectivity index (χ0v) is 20.5. The number of amides is 3. The molecule has 33 heavy (non-hydrogen) atoms. The van der Waals surface area contributed by atoms with Crippen LogP contribution in [0.2, 0.25) is 5.02 Å². The van der Waals surface area contributed by atoms with Gasteiger partial charge in [0.15, 0.2) is 0 Å². The van der Waals surface area contributed by atoms with E-state index in [0.717, 1.165) is 12.8 Å². The highest BCUT2D eigenvalue weighted by Gasteiger charge is 2.35. The molecule has 0 spiro atoms. The predicted octanol–water partition coefficient (Wildman–Crippen LogP) is 4.89. The normalized spacial score (nSPS) is 15.5. The number of hydrogen-bond donors (Lipinski definition) is 2. The highest BCUT2D eigenvalue weighted by molar-refractivity contribution is 8.24. The van der Waals surface area contributed by atoms with E-state index in [1.54, 1.807) is 41.3 Å². The van der Waals surface area contributed by atoms with Crippen molar-refractivity contribution in [3.8, 4) is 0 Å². The lowest BCUT2D eigenvalue weighted by Crippen LogP contribution is -2.32. The molecule has 174 valence electrons. The van der Waals surface area contributed by atoms with Gasteiger partial charge < -0.3 is 10.6 Å². The average Bonchev–Trinajstić information content (AvgIpc) is 3.08. The van der Waals surface area contributed by atoms with Crippen molar-refractivity contribution in [2.75, 3.05) is 18.4 Å². The Balaban J connectivity index is 1.32. The fraction of sp³-hybridized carbons (Fsp3) is 0.333. The molecule has 1 fully saturated rings. The molecule has 9 heteroatoms. The molecule has 0 unspecified atom stereocenters. The fourth-order valence-corrected chi connectivity index (χ4v) is 5.11. The molecule has 3 rings (SSSR count). The number of unbranched alkanes of at least 4 members (excludes halogenated alkanes) is 1. The van der Waals surface area contributed by atoms with Crippen molar-refractivity contribution in [2.45, 2.75) is 37.4 Å². The van der Waals surface area contributed by atoms with Gasteiger partial charge in [-0.15, -0.1) is 0 Å². The second-order valence-electron chi connectivity index (χ2n) is 7.64. The number of halogens is 1. The topological polar surface area (TPSA) is 78.5 Å². The summed E-state index contributed by atoms with van der Waals surface area (Å²) in [5.74, 6) is -0.192. The first kappa shape index (κ1) is 25.2. The van der Waals surface area contributed by atoms with Gasteiger partial charge in [-0.3, -0.25) is 19.3 Å². The van der Waals surface area contributed by atoms with Gasteiger partial charge in [0.05, 0.1) is 5.25 Å². The molecule has 1 aliphatic rings. The Hall–Kier alpha value is -2.42. The third-order valence-corrected chi connectivity index (χ3v) is 7.04. The lowest BCUT2D eigenvalue weighted by molar-refractivity contribution is -0.126. The van der Waals surface area contributed by atoms with Gasteiger partial charge in [-0.1, -0.05) is 60.2 Å². The summed E-state index contributed by atoms with van der Waals surface area (Å²) in [7, 11) is 0. The van der Waals surface area contributed by atoms with Crippen molar-refractivity contribution in [1.29, 1.82) is 0 Å². The van der Waals surface area contributed by atoms with Gasteiger partial charge in [-0.05, 0) is 55.7 Å². The highest BCUT2D eigenvalue weighted by atomic mass is 35.5. The van der Waals surface area contributed by atoms with Crippen LogP contribution >= 0.6 is 35.6 Å². The van der Waals surface area contributed by atoms with Crippen molar-refractivity contribution < 1.29 is 14.4 Å². The Kier molecular flexibility index (Phi) is 9.72. The van der Waals surface area contributed by atoms with Crippen LogP contribution in [0.15, 0.2) is 54.6 Å². The number of thiocarbonyl (C=S) groups is 1. The molecular weight excluding hydrogens is 478 g/mol. The van der Waals surface area contributed by atoms with E-state index >= 15 is 0 Å². The van der Waals surface area contributed by atoms with E-state index in [0.29, 0.717) is 52.9 Å². The molecule has 3 amide bonds. The van der Waals surface area contributed by atoms with Gasteiger partial charge >= 0.3 is 0 Å². The zero-order chi connectivity index (χ0) is 23.6. The minimum Gasteiger partial charge on any atom is -0.352 e. The highest BCUT2D eigenvalue weighted by Crippen LogP contribution is 2.31. The minimum atomic E-state index is -0.190. The van der Waals surface area contributed by atoms with Crippen molar-refractivity contribution in [3.05, 3.63) is 65.2 Å². The molecule has 0 saturated carbocycles. The van der Waals surface area contributed by atoms with Gasteiger partial charge in [0, 0.05) is 35.8 Å². The predicted molar refractivity (Wildman–Crippen MR) is 138 cm³/mol. The van der Waals surface area contributed by atoms with Gasteiger partial charge in [0.2, 0.25) is 11.8 Å². The lowest BCUT2D eigenvalue weighted by atomic mass is 10.1. The number of nitrogens with one attached hydrogen (secondary N) is 2. The number of carbonyl (C=O) groups is 3. The first-order valence-electron chi connectivity index (χ1n) is 10.8. The summed E-state index contributed by atoms with van der Waals surface area (Å²) in [6.07, 6.45) is 3.15. The van der Waals surface area contributed by atoms with E-state index in [2.05, 4.69) is 10.6 Å². The average molecular weight is 504 g/mol.